The third kappa shape index (κ3) is 3.28. The van der Waals surface area contributed by atoms with Gasteiger partial charge in [-0.1, -0.05) is 0 Å². The van der Waals surface area contributed by atoms with Crippen molar-refractivity contribution < 1.29 is 23.0 Å². The molecule has 1 aliphatic rings. The zero-order chi connectivity index (χ0) is 14.8. The summed E-state index contributed by atoms with van der Waals surface area (Å²) in [5.41, 5.74) is 4.62. The SMILES string of the molecule is Nc1cc(NC2(CO)CCOCC2)nc(C(F)(F)F)n1. The number of ether oxygens (including phenoxy) is 1. The van der Waals surface area contributed by atoms with Gasteiger partial charge in [-0.3, -0.25) is 0 Å². The average molecular weight is 292 g/mol. The monoisotopic (exact) mass is 292 g/mol. The number of aliphatic hydroxyl groups excluding tert-OH is 1. The Bertz CT molecular complexity index is 475. The zero-order valence-corrected chi connectivity index (χ0v) is 10.6. The average Bonchev–Trinajstić information content (AvgIpc) is 2.38. The van der Waals surface area contributed by atoms with Crippen LogP contribution in [0.3, 0.4) is 0 Å². The molecule has 1 aliphatic heterocycles. The van der Waals surface area contributed by atoms with Crippen LogP contribution in [0.4, 0.5) is 24.8 Å². The molecular weight excluding hydrogens is 277 g/mol. The highest BCUT2D eigenvalue weighted by Crippen LogP contribution is 2.30. The molecule has 1 aromatic rings. The van der Waals surface area contributed by atoms with E-state index < -0.39 is 17.5 Å². The van der Waals surface area contributed by atoms with E-state index in [0.717, 1.165) is 0 Å². The standard InChI is InChI=1S/C11H15F3N4O2/c12-11(13,14)9-16-7(15)5-8(17-9)18-10(6-19)1-3-20-4-2-10/h5,19H,1-4,6H2,(H3,15,16,17,18). The number of aliphatic hydroxyl groups is 1. The van der Waals surface area contributed by atoms with Gasteiger partial charge in [0, 0.05) is 19.3 Å². The minimum atomic E-state index is -4.67. The molecule has 1 fully saturated rings. The van der Waals surface area contributed by atoms with Crippen molar-refractivity contribution in [3.8, 4) is 0 Å². The fraction of sp³-hybridized carbons (Fsp3) is 0.636. The van der Waals surface area contributed by atoms with E-state index in [1.165, 1.54) is 6.07 Å². The lowest BCUT2D eigenvalue weighted by Crippen LogP contribution is -2.47. The van der Waals surface area contributed by atoms with Gasteiger partial charge in [0.15, 0.2) is 0 Å². The van der Waals surface area contributed by atoms with Crippen molar-refractivity contribution >= 4 is 11.6 Å². The summed E-state index contributed by atoms with van der Waals surface area (Å²) in [5, 5.41) is 12.3. The maximum atomic E-state index is 12.6. The van der Waals surface area contributed by atoms with Gasteiger partial charge in [-0.2, -0.15) is 13.2 Å². The molecule has 2 rings (SSSR count). The number of hydrogen-bond acceptors (Lipinski definition) is 6. The van der Waals surface area contributed by atoms with E-state index in [2.05, 4.69) is 15.3 Å². The number of anilines is 2. The van der Waals surface area contributed by atoms with Crippen LogP contribution in [0.1, 0.15) is 18.7 Å². The second-order valence-corrected chi connectivity index (χ2v) is 4.68. The second kappa shape index (κ2) is 5.41. The topological polar surface area (TPSA) is 93.3 Å². The van der Waals surface area contributed by atoms with Crippen molar-refractivity contribution in [1.29, 1.82) is 0 Å². The number of nitrogens with one attached hydrogen (secondary N) is 1. The second-order valence-electron chi connectivity index (χ2n) is 4.68. The highest BCUT2D eigenvalue weighted by molar-refractivity contribution is 5.47. The summed E-state index contributed by atoms with van der Waals surface area (Å²) < 4.78 is 43.1. The number of aromatic nitrogens is 2. The van der Waals surface area contributed by atoms with Gasteiger partial charge in [0.25, 0.3) is 0 Å². The van der Waals surface area contributed by atoms with Gasteiger partial charge in [-0.05, 0) is 12.8 Å². The Labute approximate surface area is 113 Å². The number of alkyl halides is 3. The quantitative estimate of drug-likeness (QED) is 0.770. The Morgan fingerprint density at radius 3 is 2.55 bits per heavy atom. The normalized spacial score (nSPS) is 18.8. The minimum absolute atomic E-state index is 0.0548. The lowest BCUT2D eigenvalue weighted by Gasteiger charge is -2.36. The van der Waals surface area contributed by atoms with Crippen LogP contribution >= 0.6 is 0 Å². The molecule has 0 bridgehead atoms. The highest BCUT2D eigenvalue weighted by Gasteiger charge is 2.37. The number of nitrogen functional groups attached to an aromatic ring is 1. The predicted octanol–water partition coefficient (Wildman–Crippen LogP) is 1.03. The maximum Gasteiger partial charge on any atom is 0.451 e. The summed E-state index contributed by atoms with van der Waals surface area (Å²) in [4.78, 5) is 6.57. The summed E-state index contributed by atoms with van der Waals surface area (Å²) in [6.07, 6.45) is -3.74. The zero-order valence-electron chi connectivity index (χ0n) is 10.6. The van der Waals surface area contributed by atoms with Crippen LogP contribution in [-0.2, 0) is 10.9 Å². The molecule has 0 unspecified atom stereocenters. The van der Waals surface area contributed by atoms with Crippen LogP contribution in [0.15, 0.2) is 6.07 Å². The summed E-state index contributed by atoms with van der Waals surface area (Å²) in [5.74, 6) is -1.64. The molecule has 9 heteroatoms. The predicted molar refractivity (Wildman–Crippen MR) is 64.9 cm³/mol. The molecule has 0 amide bonds. The van der Waals surface area contributed by atoms with Crippen molar-refractivity contribution in [3.63, 3.8) is 0 Å². The minimum Gasteiger partial charge on any atom is -0.394 e. The molecule has 2 heterocycles. The Morgan fingerprint density at radius 1 is 1.35 bits per heavy atom. The van der Waals surface area contributed by atoms with Gasteiger partial charge in [-0.15, -0.1) is 0 Å². The molecule has 4 N–H and O–H groups in total. The molecule has 0 aromatic carbocycles. The van der Waals surface area contributed by atoms with Crippen LogP contribution in [0.2, 0.25) is 0 Å². The van der Waals surface area contributed by atoms with Gasteiger partial charge >= 0.3 is 6.18 Å². The number of nitrogens with two attached hydrogens (primary N) is 1. The Morgan fingerprint density at radius 2 is 2.00 bits per heavy atom. The van der Waals surface area contributed by atoms with Crippen molar-refractivity contribution in [3.05, 3.63) is 11.9 Å². The van der Waals surface area contributed by atoms with E-state index in [0.29, 0.717) is 26.1 Å². The molecule has 112 valence electrons. The molecular formula is C11H15F3N4O2. The molecule has 6 nitrogen and oxygen atoms in total. The van der Waals surface area contributed by atoms with Gasteiger partial charge in [0.1, 0.15) is 11.6 Å². The maximum absolute atomic E-state index is 12.6. The van der Waals surface area contributed by atoms with E-state index in [1.807, 2.05) is 0 Å². The van der Waals surface area contributed by atoms with Gasteiger partial charge in [0.05, 0.1) is 12.1 Å². The molecule has 0 radical (unpaired) electrons. The molecule has 20 heavy (non-hydrogen) atoms. The van der Waals surface area contributed by atoms with Crippen LogP contribution in [0, 0.1) is 0 Å². The van der Waals surface area contributed by atoms with E-state index in [4.69, 9.17) is 10.5 Å². The van der Waals surface area contributed by atoms with Crippen LogP contribution in [0.25, 0.3) is 0 Å². The summed E-state index contributed by atoms with van der Waals surface area (Å²) in [7, 11) is 0. The Hall–Kier alpha value is -1.61. The Kier molecular flexibility index (Phi) is 4.00. The van der Waals surface area contributed by atoms with Crippen LogP contribution in [-0.4, -0.2) is 40.4 Å². The molecule has 0 spiro atoms. The number of rotatable bonds is 3. The van der Waals surface area contributed by atoms with E-state index in [1.54, 1.807) is 0 Å². The first kappa shape index (κ1) is 14.8. The van der Waals surface area contributed by atoms with Crippen molar-refractivity contribution in [2.24, 2.45) is 0 Å². The summed E-state index contributed by atoms with van der Waals surface area (Å²) in [6.45, 7) is 0.599. The largest absolute Gasteiger partial charge is 0.451 e. The first-order valence-corrected chi connectivity index (χ1v) is 6.03. The highest BCUT2D eigenvalue weighted by atomic mass is 19.4. The van der Waals surface area contributed by atoms with Crippen molar-refractivity contribution in [2.75, 3.05) is 30.9 Å². The summed E-state index contributed by atoms with van der Waals surface area (Å²) in [6, 6.07) is 1.21. The molecule has 0 atom stereocenters. The van der Waals surface area contributed by atoms with Crippen molar-refractivity contribution in [1.82, 2.24) is 9.97 Å². The first-order chi connectivity index (χ1) is 9.35. The number of hydrogen-bond donors (Lipinski definition) is 3. The third-order valence-electron chi connectivity index (χ3n) is 3.15. The van der Waals surface area contributed by atoms with Crippen LogP contribution < -0.4 is 11.1 Å². The lowest BCUT2D eigenvalue weighted by molar-refractivity contribution is -0.144. The molecule has 1 saturated heterocycles. The molecule has 0 saturated carbocycles. The fourth-order valence-electron chi connectivity index (χ4n) is 2.01. The Balaban J connectivity index is 2.26. The van der Waals surface area contributed by atoms with Crippen LogP contribution in [0.5, 0.6) is 0 Å². The lowest BCUT2D eigenvalue weighted by atomic mass is 9.91. The number of nitrogens with zero attached hydrogens (tertiary/aromatic N) is 2. The van der Waals surface area contributed by atoms with Gasteiger partial charge < -0.3 is 20.9 Å². The third-order valence-corrected chi connectivity index (χ3v) is 3.15. The first-order valence-electron chi connectivity index (χ1n) is 6.03. The van der Waals surface area contributed by atoms with E-state index in [-0.39, 0.29) is 18.2 Å². The molecule has 0 aliphatic carbocycles. The smallest absolute Gasteiger partial charge is 0.394 e. The van der Waals surface area contributed by atoms with Gasteiger partial charge in [0.2, 0.25) is 5.82 Å². The number of halogens is 3. The van der Waals surface area contributed by atoms with Crippen molar-refractivity contribution in [2.45, 2.75) is 24.6 Å². The fourth-order valence-corrected chi connectivity index (χ4v) is 2.01. The molecule has 1 aromatic heterocycles. The van der Waals surface area contributed by atoms with Gasteiger partial charge in [-0.25, -0.2) is 9.97 Å². The van der Waals surface area contributed by atoms with E-state index >= 15 is 0 Å². The van der Waals surface area contributed by atoms with E-state index in [9.17, 15) is 18.3 Å². The summed E-state index contributed by atoms with van der Waals surface area (Å²) >= 11 is 0.